The fourth-order valence-electron chi connectivity index (χ4n) is 4.20. The number of carbonyl (C=O) groups is 2. The third kappa shape index (κ3) is 8.24. The zero-order chi connectivity index (χ0) is 30.3. The highest BCUT2D eigenvalue weighted by Gasteiger charge is 2.32. The second kappa shape index (κ2) is 14.2. The number of hydrogen-bond donors (Lipinski definition) is 1. The van der Waals surface area contributed by atoms with Crippen molar-refractivity contribution in [2.75, 3.05) is 17.4 Å². The van der Waals surface area contributed by atoms with Crippen LogP contribution >= 0.6 is 23.2 Å². The van der Waals surface area contributed by atoms with Crippen molar-refractivity contribution < 1.29 is 18.0 Å². The molecule has 0 unspecified atom stereocenters. The Morgan fingerprint density at radius 2 is 1.59 bits per heavy atom. The van der Waals surface area contributed by atoms with Crippen LogP contribution in [0.2, 0.25) is 10.0 Å². The fraction of sp³-hybridized carbons (Fsp3) is 0.355. The van der Waals surface area contributed by atoms with E-state index < -0.39 is 28.5 Å². The highest BCUT2D eigenvalue weighted by Crippen LogP contribution is 2.28. The SMILES string of the molecule is CCCCNC(=O)[C@H](C)N(Cc1ccc(Cl)c(Cl)c1)C(=O)CN(c1ccc(C)c(C)c1)S(=O)(=O)c1ccc(C)cc1. The lowest BCUT2D eigenvalue weighted by Gasteiger charge is -2.32. The Morgan fingerprint density at radius 3 is 2.20 bits per heavy atom. The number of sulfonamides is 1. The normalized spacial score (nSPS) is 12.1. The molecule has 0 bridgehead atoms. The Morgan fingerprint density at radius 1 is 0.902 bits per heavy atom. The van der Waals surface area contributed by atoms with Crippen LogP contribution in [-0.2, 0) is 26.2 Å². The lowest BCUT2D eigenvalue weighted by molar-refractivity contribution is -0.139. The van der Waals surface area contributed by atoms with E-state index >= 15 is 0 Å². The van der Waals surface area contributed by atoms with Gasteiger partial charge in [0.2, 0.25) is 11.8 Å². The first kappa shape index (κ1) is 32.4. The van der Waals surface area contributed by atoms with Crippen LogP contribution in [0, 0.1) is 20.8 Å². The van der Waals surface area contributed by atoms with Crippen LogP contribution in [0.3, 0.4) is 0 Å². The van der Waals surface area contributed by atoms with Gasteiger partial charge in [-0.2, -0.15) is 0 Å². The van der Waals surface area contributed by atoms with E-state index in [1.165, 1.54) is 17.0 Å². The number of nitrogens with zero attached hydrogens (tertiary/aromatic N) is 2. The van der Waals surface area contributed by atoms with Gasteiger partial charge in [0.15, 0.2) is 0 Å². The lowest BCUT2D eigenvalue weighted by Crippen LogP contribution is -2.51. The number of nitrogens with one attached hydrogen (secondary N) is 1. The molecular weight excluding hydrogens is 581 g/mol. The second-order valence-corrected chi connectivity index (χ2v) is 12.9. The zero-order valence-corrected chi connectivity index (χ0v) is 26.4. The van der Waals surface area contributed by atoms with E-state index in [9.17, 15) is 18.0 Å². The van der Waals surface area contributed by atoms with E-state index in [4.69, 9.17) is 23.2 Å². The van der Waals surface area contributed by atoms with Gasteiger partial charge < -0.3 is 10.2 Å². The van der Waals surface area contributed by atoms with Gasteiger partial charge in [0, 0.05) is 13.1 Å². The Balaban J connectivity index is 2.04. The number of benzene rings is 3. The highest BCUT2D eigenvalue weighted by atomic mass is 35.5. The molecule has 1 atom stereocenters. The van der Waals surface area contributed by atoms with Crippen LogP contribution in [0.4, 0.5) is 5.69 Å². The van der Waals surface area contributed by atoms with Crippen LogP contribution in [0.15, 0.2) is 65.6 Å². The number of amides is 2. The molecule has 0 fully saturated rings. The topological polar surface area (TPSA) is 86.8 Å². The Labute approximate surface area is 253 Å². The van der Waals surface area contributed by atoms with Crippen molar-refractivity contribution in [2.45, 2.75) is 64.9 Å². The molecule has 0 radical (unpaired) electrons. The van der Waals surface area contributed by atoms with Crippen LogP contribution in [0.1, 0.15) is 48.9 Å². The number of carbonyl (C=O) groups excluding carboxylic acids is 2. The van der Waals surface area contributed by atoms with Gasteiger partial charge in [-0.1, -0.05) is 66.4 Å². The molecule has 10 heteroatoms. The molecule has 41 heavy (non-hydrogen) atoms. The van der Waals surface area contributed by atoms with Crippen molar-refractivity contribution in [1.29, 1.82) is 0 Å². The molecule has 3 rings (SSSR count). The summed E-state index contributed by atoms with van der Waals surface area (Å²) in [6.45, 7) is 9.34. The number of anilines is 1. The van der Waals surface area contributed by atoms with Gasteiger partial charge in [0.05, 0.1) is 20.6 Å². The summed E-state index contributed by atoms with van der Waals surface area (Å²) >= 11 is 12.3. The van der Waals surface area contributed by atoms with Gasteiger partial charge in [-0.25, -0.2) is 8.42 Å². The van der Waals surface area contributed by atoms with Crippen LogP contribution in [0.25, 0.3) is 0 Å². The molecule has 0 spiro atoms. The molecular formula is C31H37Cl2N3O4S. The minimum atomic E-state index is -4.13. The summed E-state index contributed by atoms with van der Waals surface area (Å²) < 4.78 is 29.0. The van der Waals surface area contributed by atoms with Crippen molar-refractivity contribution >= 4 is 50.7 Å². The predicted molar refractivity (Wildman–Crippen MR) is 166 cm³/mol. The molecule has 0 saturated carbocycles. The van der Waals surface area contributed by atoms with Gasteiger partial charge in [-0.15, -0.1) is 0 Å². The van der Waals surface area contributed by atoms with E-state index in [1.54, 1.807) is 49.4 Å². The second-order valence-electron chi connectivity index (χ2n) is 10.2. The van der Waals surface area contributed by atoms with Crippen LogP contribution in [-0.4, -0.2) is 44.3 Å². The molecule has 3 aromatic rings. The van der Waals surface area contributed by atoms with E-state index in [1.807, 2.05) is 33.8 Å². The number of hydrogen-bond acceptors (Lipinski definition) is 4. The van der Waals surface area contributed by atoms with Gasteiger partial charge in [0.1, 0.15) is 12.6 Å². The number of rotatable bonds is 12. The van der Waals surface area contributed by atoms with Crippen LogP contribution < -0.4 is 9.62 Å². The zero-order valence-electron chi connectivity index (χ0n) is 24.1. The number of unbranched alkanes of at least 4 members (excludes halogenated alkanes) is 1. The molecule has 7 nitrogen and oxygen atoms in total. The minimum Gasteiger partial charge on any atom is -0.354 e. The summed E-state index contributed by atoms with van der Waals surface area (Å²) in [6.07, 6.45) is 1.71. The third-order valence-electron chi connectivity index (χ3n) is 7.00. The van der Waals surface area contributed by atoms with E-state index in [2.05, 4.69) is 5.32 Å². The largest absolute Gasteiger partial charge is 0.354 e. The first-order chi connectivity index (χ1) is 19.3. The van der Waals surface area contributed by atoms with Crippen molar-refractivity contribution in [1.82, 2.24) is 10.2 Å². The maximum absolute atomic E-state index is 14.0. The van der Waals surface area contributed by atoms with Crippen LogP contribution in [0.5, 0.6) is 0 Å². The Kier molecular flexibility index (Phi) is 11.2. The van der Waals surface area contributed by atoms with Crippen molar-refractivity contribution in [3.05, 3.63) is 93.0 Å². The van der Waals surface area contributed by atoms with Crippen molar-refractivity contribution in [2.24, 2.45) is 0 Å². The van der Waals surface area contributed by atoms with E-state index in [-0.39, 0.29) is 17.3 Å². The third-order valence-corrected chi connectivity index (χ3v) is 9.53. The first-order valence-corrected chi connectivity index (χ1v) is 15.7. The molecule has 0 saturated heterocycles. The molecule has 0 aromatic heterocycles. The summed E-state index contributed by atoms with van der Waals surface area (Å²) in [5, 5.41) is 3.55. The summed E-state index contributed by atoms with van der Waals surface area (Å²) in [5.74, 6) is -0.867. The molecule has 3 aromatic carbocycles. The van der Waals surface area contributed by atoms with E-state index in [0.717, 1.165) is 33.8 Å². The number of aryl methyl sites for hydroxylation is 3. The molecule has 220 valence electrons. The summed E-state index contributed by atoms with van der Waals surface area (Å²) in [6, 6.07) is 15.8. The molecule has 1 N–H and O–H groups in total. The van der Waals surface area contributed by atoms with Gasteiger partial charge in [-0.3, -0.25) is 13.9 Å². The lowest BCUT2D eigenvalue weighted by atomic mass is 10.1. The maximum atomic E-state index is 14.0. The summed E-state index contributed by atoms with van der Waals surface area (Å²) in [7, 11) is -4.13. The summed E-state index contributed by atoms with van der Waals surface area (Å²) in [4.78, 5) is 28.5. The predicted octanol–water partition coefficient (Wildman–Crippen LogP) is 6.45. The van der Waals surface area contributed by atoms with E-state index in [0.29, 0.717) is 27.8 Å². The maximum Gasteiger partial charge on any atom is 0.264 e. The number of halogens is 2. The average Bonchev–Trinajstić information content (AvgIpc) is 2.93. The smallest absolute Gasteiger partial charge is 0.264 e. The molecule has 0 aliphatic rings. The fourth-order valence-corrected chi connectivity index (χ4v) is 5.93. The highest BCUT2D eigenvalue weighted by molar-refractivity contribution is 7.92. The standard InChI is InChI=1S/C31H37Cl2N3O4S/c1-6-7-16-34-31(38)24(5)35(19-25-11-15-28(32)29(33)18-25)30(37)20-36(26-12-10-22(3)23(4)17-26)41(39,40)27-13-8-21(2)9-14-27/h8-15,17-18,24H,6-7,16,19-20H2,1-5H3,(H,34,38)/t24-/m0/s1. The Hall–Kier alpha value is -3.07. The first-order valence-electron chi connectivity index (χ1n) is 13.5. The van der Waals surface area contributed by atoms with Gasteiger partial charge >= 0.3 is 0 Å². The molecule has 0 aliphatic carbocycles. The van der Waals surface area contributed by atoms with Gasteiger partial charge in [-0.05, 0) is 87.2 Å². The van der Waals surface area contributed by atoms with Crippen molar-refractivity contribution in [3.8, 4) is 0 Å². The molecule has 2 amide bonds. The summed E-state index contributed by atoms with van der Waals surface area (Å²) in [5.41, 5.74) is 3.80. The van der Waals surface area contributed by atoms with Gasteiger partial charge in [0.25, 0.3) is 10.0 Å². The van der Waals surface area contributed by atoms with Crippen molar-refractivity contribution in [3.63, 3.8) is 0 Å². The Bertz CT molecular complexity index is 1490. The monoisotopic (exact) mass is 617 g/mol. The average molecular weight is 619 g/mol. The molecule has 0 aliphatic heterocycles. The molecule has 0 heterocycles. The quantitative estimate of drug-likeness (QED) is 0.237. The minimum absolute atomic E-state index is 0.0312.